The molecule has 0 unspecified atom stereocenters. The van der Waals surface area contributed by atoms with Crippen molar-refractivity contribution in [3.8, 4) is 0 Å². The van der Waals surface area contributed by atoms with E-state index in [-0.39, 0.29) is 16.5 Å². The molecule has 1 heterocycles. The Morgan fingerprint density at radius 2 is 1.70 bits per heavy atom. The summed E-state index contributed by atoms with van der Waals surface area (Å²) in [6, 6.07) is 20.3. The van der Waals surface area contributed by atoms with Crippen LogP contribution in [0.5, 0.6) is 0 Å². The highest BCUT2D eigenvalue weighted by molar-refractivity contribution is 7.94. The third-order valence-electron chi connectivity index (χ3n) is 4.44. The summed E-state index contributed by atoms with van der Waals surface area (Å²) < 4.78 is 27.3. The first-order valence-electron chi connectivity index (χ1n) is 9.57. The van der Waals surface area contributed by atoms with E-state index in [4.69, 9.17) is 0 Å². The van der Waals surface area contributed by atoms with E-state index >= 15 is 0 Å². The topological polar surface area (TPSA) is 78.5 Å². The van der Waals surface area contributed by atoms with Gasteiger partial charge >= 0.3 is 0 Å². The molecule has 2 N–H and O–H groups in total. The number of anilines is 1. The first kappa shape index (κ1) is 22.0. The first-order valence-corrected chi connectivity index (χ1v) is 11.9. The predicted octanol–water partition coefficient (Wildman–Crippen LogP) is 3.34. The molecule has 1 aromatic heterocycles. The lowest BCUT2D eigenvalue weighted by Crippen LogP contribution is -2.33. The number of amides is 1. The number of thiophene rings is 1. The molecule has 0 fully saturated rings. The molecule has 8 heteroatoms. The number of likely N-dealkylation sites (N-methyl/N-ethyl adjacent to an activating group) is 1. The number of benzene rings is 2. The van der Waals surface area contributed by atoms with Crippen LogP contribution in [0.2, 0.25) is 0 Å². The van der Waals surface area contributed by atoms with Gasteiger partial charge in [-0.1, -0.05) is 48.5 Å². The monoisotopic (exact) mass is 443 g/mol. The maximum atomic E-state index is 12.2. The van der Waals surface area contributed by atoms with Gasteiger partial charge in [-0.3, -0.25) is 9.52 Å². The van der Waals surface area contributed by atoms with Crippen LogP contribution in [0.3, 0.4) is 0 Å². The second-order valence-electron chi connectivity index (χ2n) is 6.98. The second-order valence-corrected chi connectivity index (χ2v) is 9.84. The van der Waals surface area contributed by atoms with E-state index in [0.29, 0.717) is 12.2 Å². The third kappa shape index (κ3) is 6.69. The number of carbonyl (C=O) groups excluding carboxylic acids is 1. The van der Waals surface area contributed by atoms with Crippen molar-refractivity contribution in [1.82, 2.24) is 10.2 Å². The summed E-state index contributed by atoms with van der Waals surface area (Å²) in [6.07, 6.45) is 0.250. The number of nitrogens with one attached hydrogen (secondary N) is 2. The minimum atomic E-state index is -3.56. The fraction of sp³-hybridized carbons (Fsp3) is 0.227. The van der Waals surface area contributed by atoms with Crippen LogP contribution in [0.4, 0.5) is 5.69 Å². The molecule has 30 heavy (non-hydrogen) atoms. The molecule has 0 atom stereocenters. The van der Waals surface area contributed by atoms with Crippen molar-refractivity contribution in [2.75, 3.05) is 24.9 Å². The number of nitrogens with zero attached hydrogens (tertiary/aromatic N) is 1. The Bertz CT molecular complexity index is 1040. The van der Waals surface area contributed by atoms with Gasteiger partial charge in [0.1, 0.15) is 4.21 Å². The Labute approximate surface area is 181 Å². The van der Waals surface area contributed by atoms with Gasteiger partial charge in [0.2, 0.25) is 5.91 Å². The van der Waals surface area contributed by atoms with Crippen LogP contribution in [-0.2, 0) is 27.8 Å². The molecule has 3 aromatic rings. The summed E-state index contributed by atoms with van der Waals surface area (Å²) >= 11 is 1.16. The lowest BCUT2D eigenvalue weighted by molar-refractivity contribution is -0.120. The highest BCUT2D eigenvalue weighted by Crippen LogP contribution is 2.20. The molecule has 158 valence electrons. The van der Waals surface area contributed by atoms with E-state index in [1.165, 1.54) is 5.56 Å². The Hall–Kier alpha value is -2.68. The zero-order valence-electron chi connectivity index (χ0n) is 16.7. The van der Waals surface area contributed by atoms with Gasteiger partial charge in [-0.15, -0.1) is 11.3 Å². The molecule has 0 spiro atoms. The van der Waals surface area contributed by atoms with E-state index < -0.39 is 10.0 Å². The Kier molecular flexibility index (Phi) is 7.62. The Morgan fingerprint density at radius 3 is 2.37 bits per heavy atom. The van der Waals surface area contributed by atoms with Crippen molar-refractivity contribution in [3.05, 3.63) is 83.2 Å². The molecule has 2 aromatic carbocycles. The largest absolute Gasteiger partial charge is 0.355 e. The van der Waals surface area contributed by atoms with Crippen LogP contribution >= 0.6 is 11.3 Å². The minimum absolute atomic E-state index is 0.0602. The zero-order chi connectivity index (χ0) is 21.4. The summed E-state index contributed by atoms with van der Waals surface area (Å²) in [5, 5.41) is 4.65. The Balaban J connectivity index is 1.42. The number of hydrogen-bond acceptors (Lipinski definition) is 5. The highest BCUT2D eigenvalue weighted by Gasteiger charge is 2.15. The first-order chi connectivity index (χ1) is 14.4. The molecule has 0 aliphatic rings. The molecule has 1 amide bonds. The molecule has 0 bridgehead atoms. The highest BCUT2D eigenvalue weighted by atomic mass is 32.2. The lowest BCUT2D eigenvalue weighted by Gasteiger charge is -2.17. The summed E-state index contributed by atoms with van der Waals surface area (Å²) in [7, 11) is -1.54. The maximum Gasteiger partial charge on any atom is 0.271 e. The summed E-state index contributed by atoms with van der Waals surface area (Å²) in [4.78, 5) is 14.3. The summed E-state index contributed by atoms with van der Waals surface area (Å²) in [5.41, 5.74) is 2.53. The minimum Gasteiger partial charge on any atom is -0.355 e. The van der Waals surface area contributed by atoms with Gasteiger partial charge in [-0.2, -0.15) is 0 Å². The SMILES string of the molecule is CN(CCNC(=O)Cc1ccc(NS(=O)(=O)c2cccs2)cc1)Cc1ccccc1. The van der Waals surface area contributed by atoms with Crippen molar-refractivity contribution < 1.29 is 13.2 Å². The van der Waals surface area contributed by atoms with Crippen LogP contribution in [0.1, 0.15) is 11.1 Å². The molecular weight excluding hydrogens is 418 g/mol. The van der Waals surface area contributed by atoms with E-state index in [1.807, 2.05) is 25.2 Å². The summed E-state index contributed by atoms with van der Waals surface area (Å²) in [6.45, 7) is 2.16. The number of sulfonamides is 1. The standard InChI is InChI=1S/C22H25N3O3S2/c1-25(17-19-6-3-2-4-7-19)14-13-23-21(26)16-18-9-11-20(12-10-18)24-30(27,28)22-8-5-15-29-22/h2-12,15,24H,13-14,16-17H2,1H3,(H,23,26). The molecule has 3 rings (SSSR count). The smallest absolute Gasteiger partial charge is 0.271 e. The molecule has 0 aliphatic carbocycles. The van der Waals surface area contributed by atoms with Crippen molar-refractivity contribution >= 4 is 33.0 Å². The van der Waals surface area contributed by atoms with Gasteiger partial charge in [-0.05, 0) is 41.8 Å². The predicted molar refractivity (Wildman–Crippen MR) is 121 cm³/mol. The van der Waals surface area contributed by atoms with Crippen molar-refractivity contribution in [1.29, 1.82) is 0 Å². The molecule has 0 aliphatic heterocycles. The third-order valence-corrected chi connectivity index (χ3v) is 7.22. The fourth-order valence-corrected chi connectivity index (χ4v) is 4.97. The van der Waals surface area contributed by atoms with Crippen LogP contribution in [0.15, 0.2) is 76.3 Å². The van der Waals surface area contributed by atoms with Gasteiger partial charge < -0.3 is 10.2 Å². The van der Waals surface area contributed by atoms with Gasteiger partial charge in [0.05, 0.1) is 6.42 Å². The number of hydrogen-bond donors (Lipinski definition) is 2. The van der Waals surface area contributed by atoms with E-state index in [9.17, 15) is 13.2 Å². The molecule has 0 saturated heterocycles. The fourth-order valence-electron chi connectivity index (χ4n) is 2.92. The van der Waals surface area contributed by atoms with Gasteiger partial charge in [0.15, 0.2) is 0 Å². The average Bonchev–Trinajstić information content (AvgIpc) is 3.26. The van der Waals surface area contributed by atoms with E-state index in [0.717, 1.165) is 30.0 Å². The van der Waals surface area contributed by atoms with Crippen LogP contribution in [-0.4, -0.2) is 39.4 Å². The van der Waals surface area contributed by atoms with Crippen molar-refractivity contribution in [2.24, 2.45) is 0 Å². The quantitative estimate of drug-likeness (QED) is 0.504. The van der Waals surface area contributed by atoms with Gasteiger partial charge in [-0.25, -0.2) is 8.42 Å². The van der Waals surface area contributed by atoms with Gasteiger partial charge in [0, 0.05) is 25.3 Å². The molecular formula is C22H25N3O3S2. The molecule has 0 saturated carbocycles. The molecule has 6 nitrogen and oxygen atoms in total. The molecule has 0 radical (unpaired) electrons. The number of carbonyl (C=O) groups is 1. The van der Waals surface area contributed by atoms with E-state index in [2.05, 4.69) is 27.1 Å². The zero-order valence-corrected chi connectivity index (χ0v) is 18.4. The summed E-state index contributed by atoms with van der Waals surface area (Å²) in [5.74, 6) is -0.0602. The maximum absolute atomic E-state index is 12.2. The van der Waals surface area contributed by atoms with Crippen molar-refractivity contribution in [3.63, 3.8) is 0 Å². The second kappa shape index (κ2) is 10.4. The van der Waals surface area contributed by atoms with Gasteiger partial charge in [0.25, 0.3) is 10.0 Å². The van der Waals surface area contributed by atoms with Crippen LogP contribution in [0.25, 0.3) is 0 Å². The normalized spacial score (nSPS) is 11.4. The van der Waals surface area contributed by atoms with Crippen molar-refractivity contribution in [2.45, 2.75) is 17.2 Å². The lowest BCUT2D eigenvalue weighted by atomic mass is 10.1. The van der Waals surface area contributed by atoms with Crippen LogP contribution in [0, 0.1) is 0 Å². The van der Waals surface area contributed by atoms with Crippen LogP contribution < -0.4 is 10.0 Å². The average molecular weight is 444 g/mol. The Morgan fingerprint density at radius 1 is 0.967 bits per heavy atom. The number of rotatable bonds is 10. The van der Waals surface area contributed by atoms with E-state index in [1.54, 1.807) is 41.8 Å².